The van der Waals surface area contributed by atoms with Crippen molar-refractivity contribution in [2.75, 3.05) is 0 Å². The third-order valence-electron chi connectivity index (χ3n) is 3.57. The highest BCUT2D eigenvalue weighted by molar-refractivity contribution is 5.79. The van der Waals surface area contributed by atoms with Crippen LogP contribution in [0.5, 0.6) is 0 Å². The minimum absolute atomic E-state index is 0.0226. The van der Waals surface area contributed by atoms with Crippen molar-refractivity contribution in [1.82, 2.24) is 14.8 Å². The first-order chi connectivity index (χ1) is 10.1. The molecule has 0 spiro atoms. The van der Waals surface area contributed by atoms with Crippen LogP contribution in [0.3, 0.4) is 0 Å². The van der Waals surface area contributed by atoms with Crippen LogP contribution in [0, 0.1) is 13.8 Å². The van der Waals surface area contributed by atoms with Gasteiger partial charge in [0.1, 0.15) is 0 Å². The quantitative estimate of drug-likeness (QED) is 0.801. The van der Waals surface area contributed by atoms with Gasteiger partial charge in [0.2, 0.25) is 0 Å². The number of aliphatic carboxylic acids is 1. The number of hydrogen-bond acceptors (Lipinski definition) is 3. The molecule has 0 unspecified atom stereocenters. The van der Waals surface area contributed by atoms with Gasteiger partial charge >= 0.3 is 5.97 Å². The summed E-state index contributed by atoms with van der Waals surface area (Å²) >= 11 is 0. The molecule has 1 aromatic carbocycles. The number of nitrogens with zero attached hydrogens (tertiary/aromatic N) is 3. The van der Waals surface area contributed by atoms with Gasteiger partial charge < -0.3 is 5.11 Å². The highest BCUT2D eigenvalue weighted by Gasteiger charge is 2.16. The molecule has 3 aromatic rings. The third kappa shape index (κ3) is 2.38. The maximum atomic E-state index is 10.9. The molecule has 2 aromatic heterocycles. The lowest BCUT2D eigenvalue weighted by atomic mass is 10.1. The van der Waals surface area contributed by atoms with E-state index >= 15 is 0 Å². The predicted octanol–water partition coefficient (Wildman–Crippen LogP) is 2.66. The molecular formula is C16H15N3O2. The average Bonchev–Trinajstić information content (AvgIpc) is 2.74. The number of aryl methyl sites for hydroxylation is 1. The molecule has 5 heteroatoms. The second-order valence-electron chi connectivity index (χ2n) is 4.99. The van der Waals surface area contributed by atoms with Gasteiger partial charge in [0.05, 0.1) is 17.6 Å². The summed E-state index contributed by atoms with van der Waals surface area (Å²) in [7, 11) is 0. The van der Waals surface area contributed by atoms with Gasteiger partial charge in [-0.25, -0.2) is 9.67 Å². The van der Waals surface area contributed by atoms with Gasteiger partial charge in [-0.05, 0) is 32.0 Å². The van der Waals surface area contributed by atoms with Crippen LogP contribution in [0.4, 0.5) is 0 Å². The van der Waals surface area contributed by atoms with E-state index in [1.807, 2.05) is 50.2 Å². The van der Waals surface area contributed by atoms with Crippen molar-refractivity contribution >= 4 is 16.9 Å². The zero-order valence-electron chi connectivity index (χ0n) is 11.9. The molecule has 0 amide bonds. The summed E-state index contributed by atoms with van der Waals surface area (Å²) < 4.78 is 1.71. The molecule has 0 aliphatic carbocycles. The second kappa shape index (κ2) is 5.01. The number of pyridine rings is 1. The topological polar surface area (TPSA) is 68.0 Å². The highest BCUT2D eigenvalue weighted by Crippen LogP contribution is 2.19. The van der Waals surface area contributed by atoms with Gasteiger partial charge in [-0.1, -0.05) is 18.2 Å². The van der Waals surface area contributed by atoms with Crippen LogP contribution in [-0.2, 0) is 11.2 Å². The Morgan fingerprint density at radius 1 is 1.19 bits per heavy atom. The van der Waals surface area contributed by atoms with E-state index in [-0.39, 0.29) is 6.42 Å². The van der Waals surface area contributed by atoms with Gasteiger partial charge in [-0.15, -0.1) is 0 Å². The minimum Gasteiger partial charge on any atom is -0.481 e. The van der Waals surface area contributed by atoms with Crippen LogP contribution in [0.25, 0.3) is 16.7 Å². The molecule has 0 radical (unpaired) electrons. The summed E-state index contributed by atoms with van der Waals surface area (Å²) in [5.74, 6) is -0.154. The Bertz CT molecular complexity index is 837. The molecule has 0 saturated heterocycles. The lowest BCUT2D eigenvalue weighted by Gasteiger charge is -2.05. The molecule has 0 bridgehead atoms. The summed E-state index contributed by atoms with van der Waals surface area (Å²) in [6, 6.07) is 11.7. The number of carbonyl (C=O) groups is 1. The average molecular weight is 281 g/mol. The van der Waals surface area contributed by atoms with Gasteiger partial charge in [0, 0.05) is 16.6 Å². The Kier molecular flexibility index (Phi) is 3.17. The number of carboxylic acid groups (broad SMARTS) is 1. The van der Waals surface area contributed by atoms with E-state index in [1.165, 1.54) is 0 Å². The lowest BCUT2D eigenvalue weighted by Crippen LogP contribution is -2.04. The lowest BCUT2D eigenvalue weighted by molar-refractivity contribution is -0.136. The minimum atomic E-state index is -0.854. The fraction of sp³-hybridized carbons (Fsp3) is 0.188. The standard InChI is InChI=1S/C16H15N3O2/c1-10-13(9-16(20)21)11(2)19(18-10)15-8-7-12-5-3-4-6-14(12)17-15/h3-8H,9H2,1-2H3,(H,20,21). The van der Waals surface area contributed by atoms with Crippen molar-refractivity contribution < 1.29 is 9.90 Å². The third-order valence-corrected chi connectivity index (χ3v) is 3.57. The summed E-state index contributed by atoms with van der Waals surface area (Å²) in [5, 5.41) is 14.5. The van der Waals surface area contributed by atoms with Gasteiger partial charge in [-0.2, -0.15) is 5.10 Å². The van der Waals surface area contributed by atoms with Crippen molar-refractivity contribution in [1.29, 1.82) is 0 Å². The van der Waals surface area contributed by atoms with E-state index in [4.69, 9.17) is 5.11 Å². The summed E-state index contributed by atoms with van der Waals surface area (Å²) in [5.41, 5.74) is 3.18. The van der Waals surface area contributed by atoms with E-state index in [0.29, 0.717) is 5.82 Å². The van der Waals surface area contributed by atoms with Gasteiger partial charge in [0.15, 0.2) is 5.82 Å². The Hall–Kier alpha value is -2.69. The molecule has 0 fully saturated rings. The second-order valence-corrected chi connectivity index (χ2v) is 4.99. The van der Waals surface area contributed by atoms with Crippen LogP contribution in [0.15, 0.2) is 36.4 Å². The van der Waals surface area contributed by atoms with E-state index in [9.17, 15) is 4.79 Å². The molecule has 3 rings (SSSR count). The van der Waals surface area contributed by atoms with Crippen molar-refractivity contribution in [3.63, 3.8) is 0 Å². The smallest absolute Gasteiger partial charge is 0.307 e. The molecule has 2 heterocycles. The number of benzene rings is 1. The summed E-state index contributed by atoms with van der Waals surface area (Å²) in [6.07, 6.45) is -0.0226. The van der Waals surface area contributed by atoms with Crippen LogP contribution < -0.4 is 0 Å². The SMILES string of the molecule is Cc1nn(-c2ccc3ccccc3n2)c(C)c1CC(=O)O. The maximum Gasteiger partial charge on any atom is 0.307 e. The summed E-state index contributed by atoms with van der Waals surface area (Å²) in [4.78, 5) is 15.5. The largest absolute Gasteiger partial charge is 0.481 e. The fourth-order valence-electron chi connectivity index (χ4n) is 2.48. The van der Waals surface area contributed by atoms with Crippen molar-refractivity contribution in [2.24, 2.45) is 0 Å². The van der Waals surface area contributed by atoms with Crippen molar-refractivity contribution in [3.05, 3.63) is 53.3 Å². The van der Waals surface area contributed by atoms with Crippen LogP contribution in [0.1, 0.15) is 17.0 Å². The van der Waals surface area contributed by atoms with E-state index in [1.54, 1.807) is 4.68 Å². The first kappa shape index (κ1) is 13.3. The summed E-state index contributed by atoms with van der Waals surface area (Å²) in [6.45, 7) is 3.69. The molecule has 0 atom stereocenters. The number of carboxylic acids is 1. The number of fused-ring (bicyclic) bond motifs is 1. The fourth-order valence-corrected chi connectivity index (χ4v) is 2.48. The molecule has 21 heavy (non-hydrogen) atoms. The van der Waals surface area contributed by atoms with Crippen LogP contribution in [0.2, 0.25) is 0 Å². The van der Waals surface area contributed by atoms with Gasteiger partial charge in [-0.3, -0.25) is 4.79 Å². The normalized spacial score (nSPS) is 11.0. The Morgan fingerprint density at radius 2 is 1.95 bits per heavy atom. The number of rotatable bonds is 3. The van der Waals surface area contributed by atoms with E-state index < -0.39 is 5.97 Å². The molecular weight excluding hydrogens is 266 g/mol. The highest BCUT2D eigenvalue weighted by atomic mass is 16.4. The Balaban J connectivity index is 2.12. The first-order valence-corrected chi connectivity index (χ1v) is 6.69. The van der Waals surface area contributed by atoms with Gasteiger partial charge in [0.25, 0.3) is 0 Å². The maximum absolute atomic E-state index is 10.9. The molecule has 0 saturated carbocycles. The van der Waals surface area contributed by atoms with Crippen molar-refractivity contribution in [3.8, 4) is 5.82 Å². The van der Waals surface area contributed by atoms with E-state index in [0.717, 1.165) is 27.9 Å². The Labute approximate surface area is 121 Å². The van der Waals surface area contributed by atoms with E-state index in [2.05, 4.69) is 10.1 Å². The first-order valence-electron chi connectivity index (χ1n) is 6.69. The zero-order valence-corrected chi connectivity index (χ0v) is 11.9. The molecule has 106 valence electrons. The number of hydrogen-bond donors (Lipinski definition) is 1. The number of para-hydroxylation sites is 1. The molecule has 0 aliphatic rings. The van der Waals surface area contributed by atoms with Crippen LogP contribution in [-0.4, -0.2) is 25.8 Å². The predicted molar refractivity (Wildman–Crippen MR) is 79.7 cm³/mol. The van der Waals surface area contributed by atoms with Crippen LogP contribution >= 0.6 is 0 Å². The number of aromatic nitrogens is 3. The zero-order chi connectivity index (χ0) is 15.0. The molecule has 1 N–H and O–H groups in total. The molecule has 0 aliphatic heterocycles. The Morgan fingerprint density at radius 3 is 2.71 bits per heavy atom. The monoisotopic (exact) mass is 281 g/mol. The van der Waals surface area contributed by atoms with Crippen molar-refractivity contribution in [2.45, 2.75) is 20.3 Å². The molecule has 5 nitrogen and oxygen atoms in total.